The number of nitrogens with one attached hydrogen (secondary N) is 1. The topological polar surface area (TPSA) is 56.3 Å². The molecule has 1 aromatic carbocycles. The van der Waals surface area contributed by atoms with Crippen molar-refractivity contribution < 1.29 is 21.9 Å². The Morgan fingerprint density at radius 2 is 1.90 bits per heavy atom. The van der Waals surface area contributed by atoms with Gasteiger partial charge in [-0.2, -0.15) is 0 Å². The molecule has 0 unspecified atom stereocenters. The Hall–Kier alpha value is -2.01. The smallest absolute Gasteiger partial charge is 0.160 e. The maximum atomic E-state index is 5.28. The van der Waals surface area contributed by atoms with E-state index in [-0.39, 0.29) is 12.4 Å². The standard InChI is InChI=1S/C14H17N3O2.ClH/c1-18-12-4-3-11(9-13(12)19-2)5-8-16-14-6-7-15-10-17-14;/h3-4,6-7,9-10H,5,8H2,1-2H3,(H,15,16,17);1H/p-1. The van der Waals surface area contributed by atoms with Crippen molar-refractivity contribution in [1.82, 2.24) is 9.97 Å². The van der Waals surface area contributed by atoms with Crippen molar-refractivity contribution in [2.45, 2.75) is 6.42 Å². The van der Waals surface area contributed by atoms with Crippen molar-refractivity contribution >= 4 is 5.82 Å². The van der Waals surface area contributed by atoms with Gasteiger partial charge in [0.2, 0.25) is 0 Å². The number of methoxy groups -OCH3 is 2. The molecule has 0 radical (unpaired) electrons. The SMILES string of the molecule is COc1ccc(CCNc2ccncn2)cc1OC.[Cl-]. The van der Waals surface area contributed by atoms with E-state index in [0.717, 1.165) is 30.3 Å². The van der Waals surface area contributed by atoms with Gasteiger partial charge in [0.05, 0.1) is 14.2 Å². The van der Waals surface area contributed by atoms with E-state index in [2.05, 4.69) is 15.3 Å². The molecule has 20 heavy (non-hydrogen) atoms. The largest absolute Gasteiger partial charge is 1.00 e. The number of benzene rings is 1. The van der Waals surface area contributed by atoms with Gasteiger partial charge in [-0.1, -0.05) is 6.07 Å². The lowest BCUT2D eigenvalue weighted by Crippen LogP contribution is -3.00. The third-order valence-corrected chi connectivity index (χ3v) is 2.75. The van der Waals surface area contributed by atoms with Crippen LogP contribution in [-0.2, 0) is 6.42 Å². The average Bonchev–Trinajstić information content (AvgIpc) is 2.48. The van der Waals surface area contributed by atoms with Crippen LogP contribution < -0.4 is 27.2 Å². The minimum Gasteiger partial charge on any atom is -1.00 e. The van der Waals surface area contributed by atoms with E-state index in [4.69, 9.17) is 9.47 Å². The highest BCUT2D eigenvalue weighted by Crippen LogP contribution is 2.27. The van der Waals surface area contributed by atoms with E-state index in [9.17, 15) is 0 Å². The molecule has 0 atom stereocenters. The number of ether oxygens (including phenoxy) is 2. The molecule has 0 saturated heterocycles. The molecule has 0 amide bonds. The van der Waals surface area contributed by atoms with Crippen LogP contribution in [0.5, 0.6) is 11.5 Å². The summed E-state index contributed by atoms with van der Waals surface area (Å²) in [5.41, 5.74) is 1.18. The number of halogens is 1. The lowest BCUT2D eigenvalue weighted by Gasteiger charge is -2.10. The Labute approximate surface area is 124 Å². The zero-order valence-electron chi connectivity index (χ0n) is 11.5. The molecule has 5 nitrogen and oxygen atoms in total. The first kappa shape index (κ1) is 16.0. The van der Waals surface area contributed by atoms with Crippen LogP contribution in [0, 0.1) is 0 Å². The quantitative estimate of drug-likeness (QED) is 0.752. The Kier molecular flexibility index (Phi) is 6.59. The normalized spacial score (nSPS) is 9.50. The predicted molar refractivity (Wildman–Crippen MR) is 73.8 cm³/mol. The van der Waals surface area contributed by atoms with Crippen LogP contribution in [0.4, 0.5) is 5.82 Å². The van der Waals surface area contributed by atoms with Gasteiger partial charge in [-0.15, -0.1) is 0 Å². The third kappa shape index (κ3) is 4.28. The Bertz CT molecular complexity index is 523. The number of rotatable bonds is 6. The Morgan fingerprint density at radius 1 is 1.10 bits per heavy atom. The number of hydrogen-bond acceptors (Lipinski definition) is 5. The molecule has 0 saturated carbocycles. The van der Waals surface area contributed by atoms with Crippen LogP contribution >= 0.6 is 0 Å². The summed E-state index contributed by atoms with van der Waals surface area (Å²) in [7, 11) is 3.27. The summed E-state index contributed by atoms with van der Waals surface area (Å²) in [6.07, 6.45) is 4.12. The first-order valence-corrected chi connectivity index (χ1v) is 6.04. The maximum Gasteiger partial charge on any atom is 0.160 e. The molecule has 1 aromatic heterocycles. The summed E-state index contributed by atoms with van der Waals surface area (Å²) < 4.78 is 10.5. The van der Waals surface area contributed by atoms with Gasteiger partial charge in [0, 0.05) is 12.7 Å². The number of anilines is 1. The molecule has 2 rings (SSSR count). The molecule has 0 aliphatic rings. The van der Waals surface area contributed by atoms with E-state index < -0.39 is 0 Å². The molecule has 0 aliphatic carbocycles. The van der Waals surface area contributed by atoms with Gasteiger partial charge in [-0.05, 0) is 30.2 Å². The van der Waals surface area contributed by atoms with Gasteiger partial charge < -0.3 is 27.2 Å². The number of hydrogen-bond donors (Lipinski definition) is 1. The first-order valence-electron chi connectivity index (χ1n) is 6.04. The second-order valence-electron chi connectivity index (χ2n) is 3.96. The predicted octanol–water partition coefficient (Wildman–Crippen LogP) is -0.848. The summed E-state index contributed by atoms with van der Waals surface area (Å²) in [6.45, 7) is 0.798. The third-order valence-electron chi connectivity index (χ3n) is 2.75. The van der Waals surface area contributed by atoms with Gasteiger partial charge in [-0.3, -0.25) is 0 Å². The molecule has 1 N–H and O–H groups in total. The molecule has 0 fully saturated rings. The summed E-state index contributed by atoms with van der Waals surface area (Å²) in [4.78, 5) is 7.98. The second kappa shape index (κ2) is 8.22. The van der Waals surface area contributed by atoms with Crippen molar-refractivity contribution in [3.05, 3.63) is 42.4 Å². The van der Waals surface area contributed by atoms with Crippen LogP contribution in [0.25, 0.3) is 0 Å². The maximum absolute atomic E-state index is 5.28. The highest BCUT2D eigenvalue weighted by molar-refractivity contribution is 5.43. The summed E-state index contributed by atoms with van der Waals surface area (Å²) in [5.74, 6) is 2.33. The fraction of sp³-hybridized carbons (Fsp3) is 0.286. The first-order chi connectivity index (χ1) is 9.33. The van der Waals surface area contributed by atoms with Gasteiger partial charge in [0.15, 0.2) is 11.5 Å². The fourth-order valence-corrected chi connectivity index (χ4v) is 1.77. The van der Waals surface area contributed by atoms with Gasteiger partial charge in [-0.25, -0.2) is 9.97 Å². The van der Waals surface area contributed by atoms with E-state index >= 15 is 0 Å². The average molecular weight is 295 g/mol. The zero-order chi connectivity index (χ0) is 13.5. The minimum atomic E-state index is 0. The van der Waals surface area contributed by atoms with Gasteiger partial charge >= 0.3 is 0 Å². The van der Waals surface area contributed by atoms with Gasteiger partial charge in [0.1, 0.15) is 12.1 Å². The summed E-state index contributed by atoms with van der Waals surface area (Å²) in [6, 6.07) is 7.77. The molecule has 6 heteroatoms. The zero-order valence-corrected chi connectivity index (χ0v) is 12.2. The fourth-order valence-electron chi connectivity index (χ4n) is 1.77. The molecule has 2 aromatic rings. The molecule has 108 valence electrons. The van der Waals surface area contributed by atoms with E-state index in [0.29, 0.717) is 0 Å². The Morgan fingerprint density at radius 3 is 2.55 bits per heavy atom. The monoisotopic (exact) mass is 294 g/mol. The van der Waals surface area contributed by atoms with Crippen molar-refractivity contribution in [2.75, 3.05) is 26.1 Å². The summed E-state index contributed by atoms with van der Waals surface area (Å²) in [5, 5.41) is 3.24. The van der Waals surface area contributed by atoms with Crippen LogP contribution in [-0.4, -0.2) is 30.7 Å². The second-order valence-corrected chi connectivity index (χ2v) is 3.96. The lowest BCUT2D eigenvalue weighted by molar-refractivity contribution is -0.00000457. The van der Waals surface area contributed by atoms with Crippen LogP contribution in [0.15, 0.2) is 36.8 Å². The van der Waals surface area contributed by atoms with Crippen LogP contribution in [0.3, 0.4) is 0 Å². The van der Waals surface area contributed by atoms with Crippen molar-refractivity contribution in [3.8, 4) is 11.5 Å². The van der Waals surface area contributed by atoms with Crippen molar-refractivity contribution in [2.24, 2.45) is 0 Å². The Balaban J connectivity index is 0.00000200. The molecule has 0 aliphatic heterocycles. The highest BCUT2D eigenvalue weighted by Gasteiger charge is 2.04. The van der Waals surface area contributed by atoms with Crippen LogP contribution in [0.1, 0.15) is 5.56 Å². The number of aromatic nitrogens is 2. The van der Waals surface area contributed by atoms with Crippen LogP contribution in [0.2, 0.25) is 0 Å². The molecular weight excluding hydrogens is 278 g/mol. The molecule has 1 heterocycles. The summed E-state index contributed by atoms with van der Waals surface area (Å²) >= 11 is 0. The van der Waals surface area contributed by atoms with Gasteiger partial charge in [0.25, 0.3) is 0 Å². The number of nitrogens with zero attached hydrogens (tertiary/aromatic N) is 2. The molecular formula is C14H17ClN3O2-. The van der Waals surface area contributed by atoms with Crippen molar-refractivity contribution in [3.63, 3.8) is 0 Å². The van der Waals surface area contributed by atoms with E-state index in [1.165, 1.54) is 11.9 Å². The van der Waals surface area contributed by atoms with E-state index in [1.807, 2.05) is 24.3 Å². The molecule has 0 bridgehead atoms. The minimum absolute atomic E-state index is 0. The molecule has 0 spiro atoms. The van der Waals surface area contributed by atoms with E-state index in [1.54, 1.807) is 20.4 Å². The van der Waals surface area contributed by atoms with Crippen molar-refractivity contribution in [1.29, 1.82) is 0 Å². The lowest BCUT2D eigenvalue weighted by atomic mass is 10.1. The highest BCUT2D eigenvalue weighted by atomic mass is 35.5.